The zero-order valence-corrected chi connectivity index (χ0v) is 11.8. The van der Waals surface area contributed by atoms with Gasteiger partial charge >= 0.3 is 0 Å². The van der Waals surface area contributed by atoms with Crippen molar-refractivity contribution in [2.24, 2.45) is 5.92 Å². The SMILES string of the molecule is CCC1CCC(c2nc(C3CCCC3)cc(=O)[nH]2)C1. The molecule has 0 amide bonds. The minimum absolute atomic E-state index is 0.0480. The van der Waals surface area contributed by atoms with Gasteiger partial charge < -0.3 is 4.98 Å². The molecule has 0 saturated heterocycles. The van der Waals surface area contributed by atoms with E-state index >= 15 is 0 Å². The van der Waals surface area contributed by atoms with Crippen LogP contribution in [0.15, 0.2) is 10.9 Å². The molecule has 0 aromatic carbocycles. The number of hydrogen-bond donors (Lipinski definition) is 1. The molecule has 0 spiro atoms. The Morgan fingerprint density at radius 3 is 2.68 bits per heavy atom. The summed E-state index contributed by atoms with van der Waals surface area (Å²) in [7, 11) is 0. The Kier molecular flexibility index (Phi) is 3.72. The van der Waals surface area contributed by atoms with Crippen LogP contribution >= 0.6 is 0 Å². The van der Waals surface area contributed by atoms with Crippen LogP contribution in [0.5, 0.6) is 0 Å². The van der Waals surface area contributed by atoms with E-state index in [2.05, 4.69) is 11.9 Å². The molecule has 2 fully saturated rings. The van der Waals surface area contributed by atoms with E-state index in [-0.39, 0.29) is 5.56 Å². The summed E-state index contributed by atoms with van der Waals surface area (Å²) in [5, 5.41) is 0. The summed E-state index contributed by atoms with van der Waals surface area (Å²) in [5.74, 6) is 2.80. The molecule has 2 aliphatic rings. The van der Waals surface area contributed by atoms with Crippen molar-refractivity contribution in [3.8, 4) is 0 Å². The Bertz CT molecular complexity index is 488. The van der Waals surface area contributed by atoms with Crippen molar-refractivity contribution >= 4 is 0 Å². The Balaban J connectivity index is 1.83. The van der Waals surface area contributed by atoms with Crippen LogP contribution in [0.1, 0.15) is 81.6 Å². The van der Waals surface area contributed by atoms with Gasteiger partial charge in [0.05, 0.1) is 5.69 Å². The standard InChI is InChI=1S/C16H24N2O/c1-2-11-7-8-13(9-11)16-17-14(10-15(19)18-16)12-5-3-4-6-12/h10-13H,2-9H2,1H3,(H,17,18,19). The molecule has 2 atom stereocenters. The maximum absolute atomic E-state index is 11.9. The lowest BCUT2D eigenvalue weighted by Gasteiger charge is -2.13. The number of nitrogens with one attached hydrogen (secondary N) is 1. The van der Waals surface area contributed by atoms with Crippen LogP contribution in [0.3, 0.4) is 0 Å². The summed E-state index contributed by atoms with van der Waals surface area (Å²) in [4.78, 5) is 19.7. The van der Waals surface area contributed by atoms with Crippen LogP contribution in [0.25, 0.3) is 0 Å². The molecule has 1 aromatic heterocycles. The van der Waals surface area contributed by atoms with E-state index in [1.807, 2.05) is 0 Å². The highest BCUT2D eigenvalue weighted by atomic mass is 16.1. The highest BCUT2D eigenvalue weighted by Crippen LogP contribution is 2.39. The van der Waals surface area contributed by atoms with Crippen molar-refractivity contribution in [1.82, 2.24) is 9.97 Å². The van der Waals surface area contributed by atoms with Gasteiger partial charge in [0.15, 0.2) is 0 Å². The molecule has 0 bridgehead atoms. The summed E-state index contributed by atoms with van der Waals surface area (Å²) >= 11 is 0. The largest absolute Gasteiger partial charge is 0.310 e. The molecule has 2 saturated carbocycles. The minimum Gasteiger partial charge on any atom is -0.310 e. The van der Waals surface area contributed by atoms with Gasteiger partial charge in [-0.3, -0.25) is 4.79 Å². The second-order valence-corrected chi connectivity index (χ2v) is 6.32. The topological polar surface area (TPSA) is 45.8 Å². The Morgan fingerprint density at radius 2 is 2.00 bits per heavy atom. The lowest BCUT2D eigenvalue weighted by Crippen LogP contribution is -2.16. The monoisotopic (exact) mass is 260 g/mol. The van der Waals surface area contributed by atoms with Gasteiger partial charge in [-0.1, -0.05) is 26.2 Å². The van der Waals surface area contributed by atoms with Crippen molar-refractivity contribution in [1.29, 1.82) is 0 Å². The molecular formula is C16H24N2O. The zero-order chi connectivity index (χ0) is 13.2. The minimum atomic E-state index is 0.0480. The normalized spacial score (nSPS) is 28.1. The van der Waals surface area contributed by atoms with Crippen molar-refractivity contribution in [2.75, 3.05) is 0 Å². The van der Waals surface area contributed by atoms with E-state index in [9.17, 15) is 4.79 Å². The first-order valence-corrected chi connectivity index (χ1v) is 7.87. The number of nitrogens with zero attached hydrogens (tertiary/aromatic N) is 1. The Labute approximate surface area is 114 Å². The van der Waals surface area contributed by atoms with Crippen LogP contribution < -0.4 is 5.56 Å². The summed E-state index contributed by atoms with van der Waals surface area (Å²) in [5.41, 5.74) is 1.10. The molecule has 3 rings (SSSR count). The fourth-order valence-electron chi connectivity index (χ4n) is 3.81. The first-order valence-electron chi connectivity index (χ1n) is 7.87. The molecule has 0 aliphatic heterocycles. The van der Waals surface area contributed by atoms with Crippen molar-refractivity contribution < 1.29 is 0 Å². The van der Waals surface area contributed by atoms with Gasteiger partial charge in [0.1, 0.15) is 5.82 Å². The summed E-state index contributed by atoms with van der Waals surface area (Å²) < 4.78 is 0. The molecule has 1 N–H and O–H groups in total. The lowest BCUT2D eigenvalue weighted by molar-refractivity contribution is 0.515. The van der Waals surface area contributed by atoms with Gasteiger partial charge in [-0.2, -0.15) is 0 Å². The average molecular weight is 260 g/mol. The summed E-state index contributed by atoms with van der Waals surface area (Å²) in [6, 6.07) is 1.73. The number of aromatic amines is 1. The van der Waals surface area contributed by atoms with Crippen LogP contribution in [-0.2, 0) is 0 Å². The molecular weight excluding hydrogens is 236 g/mol. The third-order valence-corrected chi connectivity index (χ3v) is 5.06. The first-order chi connectivity index (χ1) is 9.26. The molecule has 3 nitrogen and oxygen atoms in total. The highest BCUT2D eigenvalue weighted by Gasteiger charge is 2.27. The number of rotatable bonds is 3. The molecule has 19 heavy (non-hydrogen) atoms. The van der Waals surface area contributed by atoms with Gasteiger partial charge in [0.25, 0.3) is 5.56 Å². The van der Waals surface area contributed by atoms with Crippen LogP contribution in [0, 0.1) is 5.92 Å². The zero-order valence-electron chi connectivity index (χ0n) is 11.8. The van der Waals surface area contributed by atoms with E-state index in [4.69, 9.17) is 4.98 Å². The van der Waals surface area contributed by atoms with E-state index in [0.717, 1.165) is 17.4 Å². The lowest BCUT2D eigenvalue weighted by atomic mass is 10.0. The van der Waals surface area contributed by atoms with Crippen LogP contribution in [0.4, 0.5) is 0 Å². The molecule has 2 unspecified atom stereocenters. The smallest absolute Gasteiger partial charge is 0.251 e. The van der Waals surface area contributed by atoms with Gasteiger partial charge in [-0.25, -0.2) is 4.98 Å². The molecule has 1 heterocycles. The predicted molar refractivity (Wildman–Crippen MR) is 76.4 cm³/mol. The van der Waals surface area contributed by atoms with Crippen LogP contribution in [-0.4, -0.2) is 9.97 Å². The number of H-pyrrole nitrogens is 1. The van der Waals surface area contributed by atoms with Crippen LogP contribution in [0.2, 0.25) is 0 Å². The maximum Gasteiger partial charge on any atom is 0.251 e. The van der Waals surface area contributed by atoms with Gasteiger partial charge in [0, 0.05) is 17.9 Å². The third kappa shape index (κ3) is 2.75. The van der Waals surface area contributed by atoms with Gasteiger partial charge in [-0.05, 0) is 38.0 Å². The van der Waals surface area contributed by atoms with Gasteiger partial charge in [-0.15, -0.1) is 0 Å². The fourth-order valence-corrected chi connectivity index (χ4v) is 3.81. The molecule has 3 heteroatoms. The van der Waals surface area contributed by atoms with E-state index in [1.54, 1.807) is 6.07 Å². The Morgan fingerprint density at radius 1 is 1.21 bits per heavy atom. The molecule has 104 valence electrons. The second-order valence-electron chi connectivity index (χ2n) is 6.32. The number of aromatic nitrogens is 2. The van der Waals surface area contributed by atoms with Crippen molar-refractivity contribution in [2.45, 2.75) is 70.1 Å². The summed E-state index contributed by atoms with van der Waals surface area (Å²) in [6.45, 7) is 2.26. The van der Waals surface area contributed by atoms with E-state index < -0.39 is 0 Å². The molecule has 0 radical (unpaired) electrons. The average Bonchev–Trinajstić information content (AvgIpc) is 3.09. The van der Waals surface area contributed by atoms with Gasteiger partial charge in [0.2, 0.25) is 0 Å². The number of hydrogen-bond acceptors (Lipinski definition) is 2. The van der Waals surface area contributed by atoms with E-state index in [0.29, 0.717) is 11.8 Å². The van der Waals surface area contributed by atoms with E-state index in [1.165, 1.54) is 51.4 Å². The predicted octanol–water partition coefficient (Wildman–Crippen LogP) is 3.72. The maximum atomic E-state index is 11.9. The first kappa shape index (κ1) is 12.9. The molecule has 2 aliphatic carbocycles. The van der Waals surface area contributed by atoms with Crippen molar-refractivity contribution in [3.05, 3.63) is 27.9 Å². The quantitative estimate of drug-likeness (QED) is 0.900. The highest BCUT2D eigenvalue weighted by molar-refractivity contribution is 5.13. The molecule has 1 aromatic rings. The van der Waals surface area contributed by atoms with Crippen molar-refractivity contribution in [3.63, 3.8) is 0 Å². The fraction of sp³-hybridized carbons (Fsp3) is 0.750. The summed E-state index contributed by atoms with van der Waals surface area (Å²) in [6.07, 6.45) is 9.92. The third-order valence-electron chi connectivity index (χ3n) is 5.06. The Hall–Kier alpha value is -1.12. The second kappa shape index (κ2) is 5.48.